The van der Waals surface area contributed by atoms with Crippen LogP contribution >= 0.6 is 0 Å². The lowest BCUT2D eigenvalue weighted by molar-refractivity contribution is -0.118. The summed E-state index contributed by atoms with van der Waals surface area (Å²) in [5.41, 5.74) is 5.27. The Morgan fingerprint density at radius 3 is 2.27 bits per heavy atom. The fourth-order valence-electron chi connectivity index (χ4n) is 3.07. The molecule has 4 N–H and O–H groups in total. The molecule has 2 aromatic heterocycles. The number of aromatic nitrogens is 2. The number of ether oxygens (including phenoxy) is 1. The summed E-state index contributed by atoms with van der Waals surface area (Å²) < 4.78 is 4.81. The predicted molar refractivity (Wildman–Crippen MR) is 123 cm³/mol. The van der Waals surface area contributed by atoms with Gasteiger partial charge in [0.25, 0.3) is 0 Å². The molecule has 0 aliphatic rings. The molecule has 0 unspecified atom stereocenters. The number of hydrogen-bond donors (Lipinski definition) is 3. The quantitative estimate of drug-likeness (QED) is 0.491. The van der Waals surface area contributed by atoms with Gasteiger partial charge >= 0.3 is 5.97 Å². The van der Waals surface area contributed by atoms with E-state index >= 15 is 0 Å². The Hall–Kier alpha value is -3.82. The fraction of sp³-hybridized carbons (Fsp3) is 0.391. The number of nitrogens with two attached hydrogens (primary N) is 1. The molecule has 0 aromatic carbocycles. The van der Waals surface area contributed by atoms with Crippen LogP contribution in [0.1, 0.15) is 66.9 Å². The van der Waals surface area contributed by atoms with Gasteiger partial charge in [-0.2, -0.15) is 0 Å². The van der Waals surface area contributed by atoms with E-state index in [1.54, 1.807) is 13.8 Å². The van der Waals surface area contributed by atoms with Crippen molar-refractivity contribution in [2.75, 3.05) is 17.7 Å². The first-order valence-electron chi connectivity index (χ1n) is 10.4. The van der Waals surface area contributed by atoms with Gasteiger partial charge in [0.05, 0.1) is 12.7 Å². The average Bonchev–Trinajstić information content (AvgIpc) is 2.71. The van der Waals surface area contributed by atoms with Gasteiger partial charge in [-0.1, -0.05) is 27.7 Å². The maximum Gasteiger partial charge on any atom is 0.338 e. The highest BCUT2D eigenvalue weighted by molar-refractivity contribution is 5.96. The highest BCUT2D eigenvalue weighted by atomic mass is 16.5. The Balaban J connectivity index is 2.27. The number of nitrogens with one attached hydrogen (secondary N) is 2. The van der Waals surface area contributed by atoms with Gasteiger partial charge in [-0.25, -0.2) is 14.8 Å². The molecule has 3 amide bonds. The van der Waals surface area contributed by atoms with Gasteiger partial charge in [-0.05, 0) is 30.2 Å². The number of hydrogen-bond acceptors (Lipinski definition) is 7. The largest absolute Gasteiger partial charge is 0.465 e. The van der Waals surface area contributed by atoms with Gasteiger partial charge in [0, 0.05) is 35.7 Å². The van der Waals surface area contributed by atoms with E-state index in [0.717, 1.165) is 0 Å². The molecule has 0 aliphatic heterocycles. The normalized spacial score (nSPS) is 11.1. The molecule has 33 heavy (non-hydrogen) atoms. The summed E-state index contributed by atoms with van der Waals surface area (Å²) in [7, 11) is 1.26. The van der Waals surface area contributed by atoms with Crippen molar-refractivity contribution in [3.63, 3.8) is 0 Å². The molecule has 2 rings (SSSR count). The number of methoxy groups -OCH3 is 1. The third-order valence-corrected chi connectivity index (χ3v) is 4.72. The Morgan fingerprint density at radius 2 is 1.67 bits per heavy atom. The summed E-state index contributed by atoms with van der Waals surface area (Å²) in [6, 6.07) is 5.79. The summed E-state index contributed by atoms with van der Waals surface area (Å²) in [5, 5.41) is 5.34. The number of nitrogens with zero attached hydrogens (tertiary/aromatic N) is 2. The van der Waals surface area contributed by atoms with Gasteiger partial charge in [0.1, 0.15) is 11.6 Å². The maximum absolute atomic E-state index is 12.7. The van der Waals surface area contributed by atoms with Crippen LogP contribution in [0.5, 0.6) is 0 Å². The van der Waals surface area contributed by atoms with Crippen molar-refractivity contribution in [2.45, 2.75) is 46.0 Å². The summed E-state index contributed by atoms with van der Waals surface area (Å²) in [6.07, 6.45) is 1.64. The zero-order chi connectivity index (χ0) is 24.8. The van der Waals surface area contributed by atoms with Crippen molar-refractivity contribution in [2.24, 2.45) is 11.7 Å². The number of carbonyl (C=O) groups excluding carboxylic acids is 4. The molecule has 10 nitrogen and oxygen atoms in total. The molecule has 0 radical (unpaired) electrons. The number of rotatable bonds is 9. The van der Waals surface area contributed by atoms with E-state index in [4.69, 9.17) is 10.5 Å². The van der Waals surface area contributed by atoms with Gasteiger partial charge in [0.2, 0.25) is 17.7 Å². The van der Waals surface area contributed by atoms with Gasteiger partial charge in [0.15, 0.2) is 0 Å². The maximum atomic E-state index is 12.7. The molecule has 2 heterocycles. The Morgan fingerprint density at radius 1 is 1.03 bits per heavy atom. The third kappa shape index (κ3) is 7.37. The highest BCUT2D eigenvalue weighted by Crippen LogP contribution is 2.28. The van der Waals surface area contributed by atoms with Crippen molar-refractivity contribution in [1.82, 2.24) is 9.97 Å². The number of anilines is 2. The molecule has 0 saturated heterocycles. The zero-order valence-electron chi connectivity index (χ0n) is 19.4. The van der Waals surface area contributed by atoms with Crippen molar-refractivity contribution >= 4 is 35.3 Å². The SMILES string of the molecule is COC(=O)c1cc(NC(=O)CC(C)C)nc(C(C)(C)CC(=O)Nc2cc(C(N)=O)ccn2)c1. The Labute approximate surface area is 192 Å². The summed E-state index contributed by atoms with van der Waals surface area (Å²) in [6.45, 7) is 7.39. The first kappa shape index (κ1) is 25.4. The second-order valence-electron chi connectivity index (χ2n) is 8.67. The van der Waals surface area contributed by atoms with E-state index in [0.29, 0.717) is 12.1 Å². The minimum atomic E-state index is -0.826. The van der Waals surface area contributed by atoms with Crippen LogP contribution in [-0.4, -0.2) is 40.8 Å². The second kappa shape index (κ2) is 10.7. The fourth-order valence-corrected chi connectivity index (χ4v) is 3.07. The van der Waals surface area contributed by atoms with Crippen LogP contribution in [0.4, 0.5) is 11.6 Å². The lowest BCUT2D eigenvalue weighted by Gasteiger charge is -2.24. The van der Waals surface area contributed by atoms with E-state index in [-0.39, 0.29) is 46.9 Å². The Kier molecular flexibility index (Phi) is 8.22. The summed E-state index contributed by atoms with van der Waals surface area (Å²) in [5.74, 6) is -1.32. The predicted octanol–water partition coefficient (Wildman–Crippen LogP) is 2.65. The van der Waals surface area contributed by atoms with Crippen LogP contribution in [-0.2, 0) is 19.7 Å². The summed E-state index contributed by atoms with van der Waals surface area (Å²) in [4.78, 5) is 56.9. The van der Waals surface area contributed by atoms with Gasteiger partial charge < -0.3 is 21.1 Å². The van der Waals surface area contributed by atoms with Crippen molar-refractivity contribution < 1.29 is 23.9 Å². The standard InChI is InChI=1S/C23H29N5O5/c1-13(2)8-19(29)28-18-11-15(22(32)33-5)9-16(26-18)23(3,4)12-20(30)27-17-10-14(21(24)31)6-7-25-17/h6-7,9-11,13H,8,12H2,1-5H3,(H2,24,31)(H,25,27,30)(H,26,28,29). The zero-order valence-corrected chi connectivity index (χ0v) is 19.4. The molecule has 176 valence electrons. The third-order valence-electron chi connectivity index (χ3n) is 4.72. The van der Waals surface area contributed by atoms with Crippen molar-refractivity contribution in [3.8, 4) is 0 Å². The first-order chi connectivity index (χ1) is 15.4. The molecule has 0 fully saturated rings. The molecule has 0 saturated carbocycles. The molecular weight excluding hydrogens is 426 g/mol. The topological polar surface area (TPSA) is 153 Å². The molecule has 0 spiro atoms. The number of amides is 3. The monoisotopic (exact) mass is 455 g/mol. The Bertz CT molecular complexity index is 1060. The average molecular weight is 456 g/mol. The van der Waals surface area contributed by atoms with Crippen molar-refractivity contribution in [3.05, 3.63) is 47.3 Å². The smallest absolute Gasteiger partial charge is 0.338 e. The van der Waals surface area contributed by atoms with E-state index in [1.165, 1.54) is 37.6 Å². The number of primary amides is 1. The lowest BCUT2D eigenvalue weighted by atomic mass is 9.84. The van der Waals surface area contributed by atoms with E-state index in [2.05, 4.69) is 20.6 Å². The van der Waals surface area contributed by atoms with Crippen molar-refractivity contribution in [1.29, 1.82) is 0 Å². The van der Waals surface area contributed by atoms with E-state index < -0.39 is 17.3 Å². The molecule has 0 aliphatic carbocycles. The lowest BCUT2D eigenvalue weighted by Crippen LogP contribution is -2.28. The molecule has 0 atom stereocenters. The molecule has 0 bridgehead atoms. The van der Waals surface area contributed by atoms with E-state index in [1.807, 2.05) is 13.8 Å². The second-order valence-corrected chi connectivity index (χ2v) is 8.67. The molecular formula is C23H29N5O5. The number of esters is 1. The van der Waals surface area contributed by atoms with Crippen LogP contribution in [0.3, 0.4) is 0 Å². The van der Waals surface area contributed by atoms with Crippen LogP contribution in [0, 0.1) is 5.92 Å². The molecule has 10 heteroatoms. The summed E-state index contributed by atoms with van der Waals surface area (Å²) >= 11 is 0. The van der Waals surface area contributed by atoms with Gasteiger partial charge in [-0.3, -0.25) is 14.4 Å². The highest BCUT2D eigenvalue weighted by Gasteiger charge is 2.28. The van der Waals surface area contributed by atoms with Crippen LogP contribution in [0.2, 0.25) is 0 Å². The van der Waals surface area contributed by atoms with Crippen LogP contribution in [0.15, 0.2) is 30.5 Å². The minimum Gasteiger partial charge on any atom is -0.465 e. The minimum absolute atomic E-state index is 0.0213. The molecule has 2 aromatic rings. The number of carbonyl (C=O) groups is 4. The van der Waals surface area contributed by atoms with Crippen LogP contribution in [0.25, 0.3) is 0 Å². The first-order valence-corrected chi connectivity index (χ1v) is 10.4. The van der Waals surface area contributed by atoms with E-state index in [9.17, 15) is 19.2 Å². The van der Waals surface area contributed by atoms with Gasteiger partial charge in [-0.15, -0.1) is 0 Å². The van der Waals surface area contributed by atoms with Crippen LogP contribution < -0.4 is 16.4 Å². The number of pyridine rings is 2.